The van der Waals surface area contributed by atoms with Crippen LogP contribution in [-0.2, 0) is 28.6 Å². The molecule has 0 saturated heterocycles. The van der Waals surface area contributed by atoms with Crippen LogP contribution >= 0.6 is 0 Å². The summed E-state index contributed by atoms with van der Waals surface area (Å²) < 4.78 is 17.4. The second-order valence-corrected chi connectivity index (χ2v) is 9.29. The highest BCUT2D eigenvalue weighted by atomic mass is 16.9. The first-order chi connectivity index (χ1) is 16.3. The zero-order chi connectivity index (χ0) is 26.0. The molecule has 0 aliphatic rings. The van der Waals surface area contributed by atoms with Gasteiger partial charge in [0.1, 0.15) is 0 Å². The normalized spacial score (nSPS) is 15.6. The predicted octanol–water partition coefficient (Wildman–Crippen LogP) is 7.53. The van der Waals surface area contributed by atoms with Crippen molar-refractivity contribution in [3.05, 3.63) is 6.92 Å². The fraction of sp³-hybridized carbons (Fsp3) is 0.857. The Kier molecular flexibility index (Phi) is 17.8. The Morgan fingerprint density at radius 2 is 0.912 bits per heavy atom. The van der Waals surface area contributed by atoms with E-state index in [0.29, 0.717) is 38.5 Å². The van der Waals surface area contributed by atoms with Crippen molar-refractivity contribution in [3.8, 4) is 0 Å². The maximum Gasteiger partial charge on any atom is 0.423 e. The molecule has 0 aromatic heterocycles. The molecule has 0 bridgehead atoms. The molecule has 199 valence electrons. The van der Waals surface area contributed by atoms with E-state index in [9.17, 15) is 14.4 Å². The van der Waals surface area contributed by atoms with E-state index in [2.05, 4.69) is 27.7 Å². The average Bonchev–Trinajstić information content (AvgIpc) is 2.80. The molecule has 0 N–H and O–H groups in total. The lowest BCUT2D eigenvalue weighted by Gasteiger charge is -2.34. The third-order valence-corrected chi connectivity index (χ3v) is 6.45. The number of unbranched alkanes of at least 4 members (excludes halogenated alkanes) is 3. The van der Waals surface area contributed by atoms with E-state index in [1.807, 2.05) is 20.8 Å². The summed E-state index contributed by atoms with van der Waals surface area (Å²) in [4.78, 5) is 39.4. The van der Waals surface area contributed by atoms with E-state index in [1.165, 1.54) is 0 Å². The molecule has 6 heteroatoms. The van der Waals surface area contributed by atoms with E-state index in [4.69, 9.17) is 14.2 Å². The van der Waals surface area contributed by atoms with E-state index in [1.54, 1.807) is 0 Å². The maximum atomic E-state index is 13.1. The molecule has 0 aliphatic carbocycles. The first kappa shape index (κ1) is 32.4. The van der Waals surface area contributed by atoms with Gasteiger partial charge in [-0.2, -0.15) is 0 Å². The van der Waals surface area contributed by atoms with Crippen molar-refractivity contribution in [1.82, 2.24) is 0 Å². The van der Waals surface area contributed by atoms with E-state index in [-0.39, 0.29) is 30.6 Å². The fourth-order valence-corrected chi connectivity index (χ4v) is 3.96. The van der Waals surface area contributed by atoms with Crippen molar-refractivity contribution in [2.75, 3.05) is 0 Å². The van der Waals surface area contributed by atoms with Crippen LogP contribution in [0.2, 0.25) is 0 Å². The van der Waals surface area contributed by atoms with Crippen molar-refractivity contribution in [2.24, 2.45) is 17.8 Å². The van der Waals surface area contributed by atoms with Crippen LogP contribution in [0.25, 0.3) is 0 Å². The van der Waals surface area contributed by atoms with Gasteiger partial charge in [-0.05, 0) is 44.9 Å². The predicted molar refractivity (Wildman–Crippen MR) is 136 cm³/mol. The summed E-state index contributed by atoms with van der Waals surface area (Å²) in [6.45, 7) is 15.8. The fourth-order valence-electron chi connectivity index (χ4n) is 3.96. The lowest BCUT2D eigenvalue weighted by atomic mass is 9.99. The SMILES string of the molecule is [CH2]CCC(OC(=O)C(CC)CCCC)(OC(=O)C(CC)CCCC)OC(=O)C(CC)CCCC. The van der Waals surface area contributed by atoms with Gasteiger partial charge in [-0.25, -0.2) is 0 Å². The van der Waals surface area contributed by atoms with Crippen molar-refractivity contribution in [1.29, 1.82) is 0 Å². The summed E-state index contributed by atoms with van der Waals surface area (Å²) >= 11 is 0. The van der Waals surface area contributed by atoms with Crippen molar-refractivity contribution < 1.29 is 28.6 Å². The lowest BCUT2D eigenvalue weighted by molar-refractivity contribution is -0.336. The van der Waals surface area contributed by atoms with Gasteiger partial charge in [0.15, 0.2) is 0 Å². The van der Waals surface area contributed by atoms with Crippen molar-refractivity contribution in [2.45, 2.75) is 137 Å². The molecule has 0 rings (SSSR count). The van der Waals surface area contributed by atoms with Crippen LogP contribution in [-0.4, -0.2) is 23.9 Å². The molecule has 3 unspecified atom stereocenters. The van der Waals surface area contributed by atoms with Crippen LogP contribution in [0.3, 0.4) is 0 Å². The number of rotatable bonds is 20. The number of carbonyl (C=O) groups is 3. The molecular formula is C28H51O6. The molecule has 0 saturated carbocycles. The second kappa shape index (κ2) is 18.7. The number of ether oxygens (including phenoxy) is 3. The van der Waals surface area contributed by atoms with Crippen molar-refractivity contribution >= 4 is 17.9 Å². The Hall–Kier alpha value is -1.59. The summed E-state index contributed by atoms with van der Waals surface area (Å²) in [5.74, 6) is -4.57. The summed E-state index contributed by atoms with van der Waals surface area (Å²) in [5.41, 5.74) is 0. The van der Waals surface area contributed by atoms with Gasteiger partial charge in [-0.15, -0.1) is 0 Å². The van der Waals surface area contributed by atoms with Crippen LogP contribution < -0.4 is 0 Å². The van der Waals surface area contributed by atoms with Crippen LogP contribution in [0, 0.1) is 24.7 Å². The minimum atomic E-state index is -2.06. The van der Waals surface area contributed by atoms with Crippen LogP contribution in [0.1, 0.15) is 131 Å². The molecule has 34 heavy (non-hydrogen) atoms. The first-order valence-electron chi connectivity index (χ1n) is 13.7. The summed E-state index contributed by atoms with van der Waals surface area (Å²) in [5, 5.41) is 0. The largest absolute Gasteiger partial charge is 0.423 e. The molecule has 0 aromatic carbocycles. The van der Waals surface area contributed by atoms with Gasteiger partial charge in [0, 0.05) is 0 Å². The van der Waals surface area contributed by atoms with Crippen LogP contribution in [0.15, 0.2) is 0 Å². The highest BCUT2D eigenvalue weighted by Gasteiger charge is 2.45. The molecular weight excluding hydrogens is 432 g/mol. The highest BCUT2D eigenvalue weighted by Crippen LogP contribution is 2.30. The van der Waals surface area contributed by atoms with Crippen molar-refractivity contribution in [3.63, 3.8) is 0 Å². The Morgan fingerprint density at radius 3 is 1.12 bits per heavy atom. The molecule has 0 amide bonds. The molecule has 0 aliphatic heterocycles. The Morgan fingerprint density at radius 1 is 0.618 bits per heavy atom. The van der Waals surface area contributed by atoms with Gasteiger partial charge in [-0.1, -0.05) is 87.0 Å². The van der Waals surface area contributed by atoms with E-state index in [0.717, 1.165) is 38.5 Å². The van der Waals surface area contributed by atoms with Crippen LogP contribution in [0.4, 0.5) is 0 Å². The number of esters is 3. The van der Waals surface area contributed by atoms with Gasteiger partial charge in [0.05, 0.1) is 24.2 Å². The topological polar surface area (TPSA) is 78.9 Å². The van der Waals surface area contributed by atoms with E-state index < -0.39 is 23.9 Å². The maximum absolute atomic E-state index is 13.1. The Bertz CT molecular complexity index is 499. The Labute approximate surface area is 208 Å². The van der Waals surface area contributed by atoms with Gasteiger partial charge in [0.25, 0.3) is 0 Å². The highest BCUT2D eigenvalue weighted by molar-refractivity contribution is 5.76. The molecule has 1 radical (unpaired) electrons. The third-order valence-electron chi connectivity index (χ3n) is 6.45. The molecule has 0 aromatic rings. The standard InChI is InChI=1S/C28H51O6/c1-8-15-18-22(12-5)25(29)32-28(21-11-4,33-26(30)23(13-6)19-16-9-2)34-27(31)24(14-7)20-17-10-3/h22-24H,4,8-21H2,1-3,5-7H3. The molecule has 0 spiro atoms. The second-order valence-electron chi connectivity index (χ2n) is 9.29. The van der Waals surface area contributed by atoms with Gasteiger partial charge in [-0.3, -0.25) is 14.4 Å². The Balaban J connectivity index is 5.98. The molecule has 6 nitrogen and oxygen atoms in total. The molecule has 0 fully saturated rings. The van der Waals surface area contributed by atoms with Gasteiger partial charge in [0.2, 0.25) is 0 Å². The minimum absolute atomic E-state index is 0.00879. The smallest absolute Gasteiger partial charge is 0.388 e. The van der Waals surface area contributed by atoms with Gasteiger partial charge < -0.3 is 14.2 Å². The molecule has 3 atom stereocenters. The zero-order valence-electron chi connectivity index (χ0n) is 22.8. The number of carbonyl (C=O) groups excluding carboxylic acids is 3. The zero-order valence-corrected chi connectivity index (χ0v) is 22.8. The summed E-state index contributed by atoms with van der Waals surface area (Å²) in [7, 11) is 0. The first-order valence-corrected chi connectivity index (χ1v) is 13.7. The summed E-state index contributed by atoms with van der Waals surface area (Å²) in [6, 6.07) is 0. The summed E-state index contributed by atoms with van der Waals surface area (Å²) in [6.07, 6.45) is 9.66. The lowest BCUT2D eigenvalue weighted by Crippen LogP contribution is -2.47. The van der Waals surface area contributed by atoms with Gasteiger partial charge >= 0.3 is 23.9 Å². The molecule has 0 heterocycles. The monoisotopic (exact) mass is 483 g/mol. The third kappa shape index (κ3) is 11.7. The quantitative estimate of drug-likeness (QED) is 0.131. The van der Waals surface area contributed by atoms with E-state index >= 15 is 0 Å². The van der Waals surface area contributed by atoms with Crippen LogP contribution in [0.5, 0.6) is 0 Å². The number of hydrogen-bond donors (Lipinski definition) is 0. The number of hydrogen-bond acceptors (Lipinski definition) is 6. The minimum Gasteiger partial charge on any atom is -0.388 e. The average molecular weight is 484 g/mol.